The number of hydrogen-bond donors (Lipinski definition) is 3. The summed E-state index contributed by atoms with van der Waals surface area (Å²) in [4.78, 5) is 15.7. The largest absolute Gasteiger partial charge is 0.480 e. The lowest BCUT2D eigenvalue weighted by Gasteiger charge is -2.15. The van der Waals surface area contributed by atoms with E-state index in [1.54, 1.807) is 6.08 Å². The predicted molar refractivity (Wildman–Crippen MR) is 83.0 cm³/mol. The second kappa shape index (κ2) is 10.4. The molecule has 0 rings (SSSR count). The number of allylic oxidation sites excluding steroid dienone is 2. The summed E-state index contributed by atoms with van der Waals surface area (Å²) in [5.41, 5.74) is 2.61. The van der Waals surface area contributed by atoms with Crippen molar-refractivity contribution in [1.82, 2.24) is 10.8 Å². The third-order valence-electron chi connectivity index (χ3n) is 2.13. The van der Waals surface area contributed by atoms with E-state index in [0.717, 1.165) is 4.48 Å². The number of hydrogen-bond acceptors (Lipinski definition) is 4. The highest BCUT2D eigenvalue weighted by Crippen LogP contribution is 2.12. The lowest BCUT2D eigenvalue weighted by molar-refractivity contribution is -0.139. The predicted octanol–water partition coefficient (Wildman–Crippen LogP) is 2.74. The molecule has 0 aromatic heterocycles. The van der Waals surface area contributed by atoms with Gasteiger partial charge < -0.3 is 10.4 Å². The summed E-state index contributed by atoms with van der Waals surface area (Å²) in [6, 6.07) is -0.527. The van der Waals surface area contributed by atoms with Crippen LogP contribution in [0.1, 0.15) is 20.3 Å². The number of rotatable bonds is 9. The van der Waals surface area contributed by atoms with E-state index in [4.69, 9.17) is 9.94 Å². The van der Waals surface area contributed by atoms with Crippen LogP contribution in [0, 0.1) is 5.92 Å². The molecule has 0 saturated heterocycles. The van der Waals surface area contributed by atoms with Gasteiger partial charge in [-0.2, -0.15) is 0 Å². The molecule has 5 nitrogen and oxygen atoms in total. The molecule has 0 aromatic carbocycles. The van der Waals surface area contributed by atoms with Crippen LogP contribution in [0.4, 0.5) is 0 Å². The molecule has 7 heteroatoms. The van der Waals surface area contributed by atoms with Gasteiger partial charge in [0.2, 0.25) is 0 Å². The summed E-state index contributed by atoms with van der Waals surface area (Å²) in [5.74, 6) is -0.489. The number of carboxylic acids is 1. The molecule has 19 heavy (non-hydrogen) atoms. The van der Waals surface area contributed by atoms with Crippen molar-refractivity contribution < 1.29 is 14.7 Å². The Balaban J connectivity index is 4.30. The van der Waals surface area contributed by atoms with E-state index < -0.39 is 12.0 Å². The van der Waals surface area contributed by atoms with Gasteiger partial charge in [-0.3, -0.25) is 15.1 Å². The van der Waals surface area contributed by atoms with Crippen molar-refractivity contribution in [2.45, 2.75) is 26.3 Å². The molecule has 0 aliphatic heterocycles. The highest BCUT2D eigenvalue weighted by atomic mass is 79.9. The SMILES string of the molecule is CON/C(Br)=C\C(Br)=C/CNC(CC(C)C)C(=O)O. The average Bonchev–Trinajstić information content (AvgIpc) is 2.27. The first-order valence-electron chi connectivity index (χ1n) is 5.84. The van der Waals surface area contributed by atoms with E-state index in [2.05, 4.69) is 42.7 Å². The third kappa shape index (κ3) is 10.1. The van der Waals surface area contributed by atoms with Gasteiger partial charge in [0, 0.05) is 11.0 Å². The second-order valence-electron chi connectivity index (χ2n) is 4.32. The molecule has 0 radical (unpaired) electrons. The first-order chi connectivity index (χ1) is 8.86. The summed E-state index contributed by atoms with van der Waals surface area (Å²) < 4.78 is 1.47. The minimum absolute atomic E-state index is 0.334. The lowest BCUT2D eigenvalue weighted by Crippen LogP contribution is -2.37. The van der Waals surface area contributed by atoms with Gasteiger partial charge in [-0.05, 0) is 34.3 Å². The smallest absolute Gasteiger partial charge is 0.320 e. The van der Waals surface area contributed by atoms with Crippen LogP contribution in [0.2, 0.25) is 0 Å². The van der Waals surface area contributed by atoms with Crippen LogP contribution in [0.5, 0.6) is 0 Å². The highest BCUT2D eigenvalue weighted by Gasteiger charge is 2.17. The van der Waals surface area contributed by atoms with E-state index in [1.165, 1.54) is 7.11 Å². The summed E-state index contributed by atoms with van der Waals surface area (Å²) in [6.07, 6.45) is 4.21. The lowest BCUT2D eigenvalue weighted by atomic mass is 10.0. The number of aliphatic carboxylic acids is 1. The van der Waals surface area contributed by atoms with Gasteiger partial charge in [-0.25, -0.2) is 0 Å². The van der Waals surface area contributed by atoms with Gasteiger partial charge in [0.15, 0.2) is 0 Å². The molecule has 1 unspecified atom stereocenters. The topological polar surface area (TPSA) is 70.6 Å². The van der Waals surface area contributed by atoms with E-state index in [0.29, 0.717) is 23.5 Å². The Morgan fingerprint density at radius 3 is 2.53 bits per heavy atom. The van der Waals surface area contributed by atoms with Crippen molar-refractivity contribution in [2.75, 3.05) is 13.7 Å². The molecule has 0 saturated carbocycles. The molecular formula is C12H20Br2N2O3. The van der Waals surface area contributed by atoms with Crippen LogP contribution in [-0.2, 0) is 9.63 Å². The first-order valence-corrected chi connectivity index (χ1v) is 7.43. The minimum Gasteiger partial charge on any atom is -0.480 e. The molecule has 0 aliphatic carbocycles. The number of nitrogens with one attached hydrogen (secondary N) is 2. The quantitative estimate of drug-likeness (QED) is 0.316. The van der Waals surface area contributed by atoms with Crippen LogP contribution >= 0.6 is 31.9 Å². The van der Waals surface area contributed by atoms with Crippen LogP contribution in [0.15, 0.2) is 21.2 Å². The number of carboxylic acid groups (broad SMARTS) is 1. The standard InChI is InChI=1S/C12H20Br2N2O3/c1-8(2)6-10(12(17)18)15-5-4-9(13)7-11(14)16-19-3/h4,7-8,10,15-16H,5-6H2,1-3H3,(H,17,18)/b9-4+,11-7-. The summed E-state index contributed by atoms with van der Waals surface area (Å²) in [5, 5.41) is 12.0. The van der Waals surface area contributed by atoms with Crippen LogP contribution in [-0.4, -0.2) is 30.8 Å². The van der Waals surface area contributed by atoms with E-state index >= 15 is 0 Å². The Kier molecular flexibility index (Phi) is 10.2. The fourth-order valence-corrected chi connectivity index (χ4v) is 2.45. The monoisotopic (exact) mass is 398 g/mol. The fourth-order valence-electron chi connectivity index (χ4n) is 1.35. The molecule has 0 amide bonds. The zero-order valence-corrected chi connectivity index (χ0v) is 14.4. The van der Waals surface area contributed by atoms with Crippen LogP contribution < -0.4 is 10.8 Å². The Morgan fingerprint density at radius 1 is 1.42 bits per heavy atom. The van der Waals surface area contributed by atoms with Gasteiger partial charge >= 0.3 is 5.97 Å². The first kappa shape index (κ1) is 18.6. The summed E-state index contributed by atoms with van der Waals surface area (Å²) in [7, 11) is 1.51. The molecule has 0 bridgehead atoms. The third-order valence-corrected chi connectivity index (χ3v) is 3.07. The van der Waals surface area contributed by atoms with Gasteiger partial charge in [-0.1, -0.05) is 35.9 Å². The normalized spacial score (nSPS) is 14.6. The van der Waals surface area contributed by atoms with Crippen molar-refractivity contribution in [3.05, 3.63) is 21.2 Å². The maximum absolute atomic E-state index is 11.0. The molecule has 0 spiro atoms. The molecule has 0 fully saturated rings. The minimum atomic E-state index is -0.823. The molecule has 0 aliphatic rings. The maximum Gasteiger partial charge on any atom is 0.320 e. The van der Waals surface area contributed by atoms with Crippen molar-refractivity contribution in [2.24, 2.45) is 5.92 Å². The number of hydroxylamine groups is 1. The molecule has 3 N–H and O–H groups in total. The van der Waals surface area contributed by atoms with Gasteiger partial charge in [0.1, 0.15) is 10.6 Å². The van der Waals surface area contributed by atoms with Crippen molar-refractivity contribution >= 4 is 37.8 Å². The molecule has 0 heterocycles. The molecular weight excluding hydrogens is 380 g/mol. The zero-order valence-electron chi connectivity index (χ0n) is 11.2. The van der Waals surface area contributed by atoms with E-state index in [-0.39, 0.29) is 0 Å². The summed E-state index contributed by atoms with van der Waals surface area (Å²) >= 11 is 6.61. The number of halogens is 2. The molecule has 1 atom stereocenters. The van der Waals surface area contributed by atoms with E-state index in [9.17, 15) is 4.79 Å². The van der Waals surface area contributed by atoms with Crippen molar-refractivity contribution in [3.63, 3.8) is 0 Å². The van der Waals surface area contributed by atoms with Crippen LogP contribution in [0.25, 0.3) is 0 Å². The van der Waals surface area contributed by atoms with Gasteiger partial charge in [-0.15, -0.1) is 0 Å². The van der Waals surface area contributed by atoms with Gasteiger partial charge in [0.25, 0.3) is 0 Å². The Hall–Kier alpha value is -0.370. The Labute approximate surface area is 130 Å². The maximum atomic E-state index is 11.0. The van der Waals surface area contributed by atoms with E-state index in [1.807, 2.05) is 19.9 Å². The number of carbonyl (C=O) groups is 1. The molecule has 0 aromatic rings. The van der Waals surface area contributed by atoms with Gasteiger partial charge in [0.05, 0.1) is 7.11 Å². The molecule has 110 valence electrons. The Bertz CT molecular complexity index is 344. The fraction of sp³-hybridized carbons (Fsp3) is 0.583. The van der Waals surface area contributed by atoms with Crippen molar-refractivity contribution in [1.29, 1.82) is 0 Å². The van der Waals surface area contributed by atoms with Crippen molar-refractivity contribution in [3.8, 4) is 0 Å². The second-order valence-corrected chi connectivity index (χ2v) is 6.09. The zero-order chi connectivity index (χ0) is 14.8. The summed E-state index contributed by atoms with van der Waals surface area (Å²) in [6.45, 7) is 4.47. The van der Waals surface area contributed by atoms with Crippen LogP contribution in [0.3, 0.4) is 0 Å². The average molecular weight is 400 g/mol. The highest BCUT2D eigenvalue weighted by molar-refractivity contribution is 9.12. The Morgan fingerprint density at radius 2 is 2.05 bits per heavy atom.